The summed E-state index contributed by atoms with van der Waals surface area (Å²) in [6, 6.07) is 0.583. The summed E-state index contributed by atoms with van der Waals surface area (Å²) in [5, 5.41) is 0. The van der Waals surface area contributed by atoms with E-state index in [0.717, 1.165) is 19.3 Å². The predicted molar refractivity (Wildman–Crippen MR) is 48.0 cm³/mol. The van der Waals surface area contributed by atoms with E-state index in [9.17, 15) is 4.79 Å². The van der Waals surface area contributed by atoms with Crippen molar-refractivity contribution < 1.29 is 4.79 Å². The summed E-state index contributed by atoms with van der Waals surface area (Å²) in [6.07, 6.45) is 5.56. The van der Waals surface area contributed by atoms with Gasteiger partial charge in [-0.25, -0.2) is 0 Å². The Bertz CT molecular complexity index is 190. The average molecular weight is 167 g/mol. The molecule has 2 atom stereocenters. The van der Waals surface area contributed by atoms with Gasteiger partial charge in [0.25, 0.3) is 0 Å². The molecular formula is C10H17NO. The fourth-order valence-corrected chi connectivity index (χ4v) is 2.69. The molecule has 0 bridgehead atoms. The van der Waals surface area contributed by atoms with Crippen molar-refractivity contribution in [3.8, 4) is 0 Å². The number of Topliss-reactive ketones (excluding diaryl/α,β-unsaturated/α-hetero) is 1. The number of hydrogen-bond donors (Lipinski definition) is 0. The third kappa shape index (κ3) is 1.28. The molecule has 0 N–H and O–H groups in total. The summed E-state index contributed by atoms with van der Waals surface area (Å²) in [4.78, 5) is 13.9. The normalized spacial score (nSPS) is 37.9. The van der Waals surface area contributed by atoms with Gasteiger partial charge in [0.05, 0.1) is 0 Å². The summed E-state index contributed by atoms with van der Waals surface area (Å²) in [6.45, 7) is 1.19. The lowest BCUT2D eigenvalue weighted by Gasteiger charge is -2.41. The van der Waals surface area contributed by atoms with Crippen molar-refractivity contribution in [2.45, 2.75) is 38.1 Å². The van der Waals surface area contributed by atoms with Gasteiger partial charge in [0.2, 0.25) is 0 Å². The Kier molecular flexibility index (Phi) is 2.18. The zero-order valence-corrected chi connectivity index (χ0v) is 7.75. The first-order valence-corrected chi connectivity index (χ1v) is 5.02. The highest BCUT2D eigenvalue weighted by atomic mass is 16.1. The fourth-order valence-electron chi connectivity index (χ4n) is 2.69. The lowest BCUT2D eigenvalue weighted by molar-refractivity contribution is -0.129. The van der Waals surface area contributed by atoms with Crippen LogP contribution in [-0.2, 0) is 4.79 Å². The molecule has 0 unspecified atom stereocenters. The van der Waals surface area contributed by atoms with Crippen LogP contribution in [0.2, 0.25) is 0 Å². The second-order valence-corrected chi connectivity index (χ2v) is 4.16. The third-order valence-electron chi connectivity index (χ3n) is 3.39. The van der Waals surface area contributed by atoms with Gasteiger partial charge in [0.1, 0.15) is 5.78 Å². The quantitative estimate of drug-likeness (QED) is 0.544. The number of ketones is 1. The van der Waals surface area contributed by atoms with Crippen molar-refractivity contribution in [2.75, 3.05) is 13.6 Å². The monoisotopic (exact) mass is 167 g/mol. The van der Waals surface area contributed by atoms with E-state index in [1.807, 2.05) is 0 Å². The summed E-state index contributed by atoms with van der Waals surface area (Å²) >= 11 is 0. The minimum absolute atomic E-state index is 0.387. The Morgan fingerprint density at radius 1 is 1.33 bits per heavy atom. The van der Waals surface area contributed by atoms with Crippen LogP contribution in [0.15, 0.2) is 0 Å². The highest BCUT2D eigenvalue weighted by Crippen LogP contribution is 2.31. The number of carbonyl (C=O) groups excluding carboxylic acids is 1. The molecule has 1 saturated heterocycles. The summed E-state index contributed by atoms with van der Waals surface area (Å²) in [5.74, 6) is 0.912. The molecule has 1 heterocycles. The molecule has 0 aromatic rings. The van der Waals surface area contributed by atoms with Gasteiger partial charge in [-0.2, -0.15) is 0 Å². The van der Waals surface area contributed by atoms with Crippen molar-refractivity contribution in [1.29, 1.82) is 0 Å². The van der Waals surface area contributed by atoms with Gasteiger partial charge in [-0.3, -0.25) is 4.79 Å². The molecular weight excluding hydrogens is 150 g/mol. The Hall–Kier alpha value is -0.370. The third-order valence-corrected chi connectivity index (χ3v) is 3.39. The lowest BCUT2D eigenvalue weighted by Crippen LogP contribution is -2.47. The average Bonchev–Trinajstić information content (AvgIpc) is 2.07. The molecule has 12 heavy (non-hydrogen) atoms. The van der Waals surface area contributed by atoms with Gasteiger partial charge in [0, 0.05) is 18.4 Å². The van der Waals surface area contributed by atoms with E-state index >= 15 is 0 Å². The molecule has 2 fully saturated rings. The minimum atomic E-state index is 0.387. The summed E-state index contributed by atoms with van der Waals surface area (Å²) in [7, 11) is 2.16. The molecule has 0 aromatic heterocycles. The number of likely N-dealkylation sites (tertiary alicyclic amines) is 1. The first-order chi connectivity index (χ1) is 5.79. The molecule has 1 saturated carbocycles. The Morgan fingerprint density at radius 2 is 2.17 bits per heavy atom. The first kappa shape index (κ1) is 8.24. The Labute approximate surface area is 73.9 Å². The molecule has 0 spiro atoms. The minimum Gasteiger partial charge on any atom is -0.303 e. The highest BCUT2D eigenvalue weighted by molar-refractivity contribution is 5.82. The highest BCUT2D eigenvalue weighted by Gasteiger charge is 2.36. The molecule has 1 aliphatic heterocycles. The van der Waals surface area contributed by atoms with Crippen molar-refractivity contribution in [3.63, 3.8) is 0 Å². The van der Waals surface area contributed by atoms with Crippen molar-refractivity contribution in [3.05, 3.63) is 0 Å². The number of hydrogen-bond acceptors (Lipinski definition) is 2. The van der Waals surface area contributed by atoms with E-state index in [4.69, 9.17) is 0 Å². The van der Waals surface area contributed by atoms with E-state index in [1.54, 1.807) is 0 Å². The van der Waals surface area contributed by atoms with Crippen molar-refractivity contribution in [1.82, 2.24) is 4.90 Å². The maximum atomic E-state index is 11.5. The van der Waals surface area contributed by atoms with Crippen LogP contribution < -0.4 is 0 Å². The van der Waals surface area contributed by atoms with E-state index < -0.39 is 0 Å². The van der Waals surface area contributed by atoms with Crippen LogP contribution in [0.4, 0.5) is 0 Å². The maximum Gasteiger partial charge on any atom is 0.137 e. The van der Waals surface area contributed by atoms with E-state index in [1.165, 1.54) is 19.4 Å². The molecule has 2 aliphatic rings. The SMILES string of the molecule is CN1CCC[C@@H]2C(=O)CCC[C@H]21. The predicted octanol–water partition coefficient (Wildman–Crippen LogP) is 1.45. The number of carbonyl (C=O) groups is 1. The summed E-state index contributed by atoms with van der Waals surface area (Å²) in [5.41, 5.74) is 0. The molecule has 0 amide bonds. The lowest BCUT2D eigenvalue weighted by atomic mass is 9.78. The van der Waals surface area contributed by atoms with E-state index in [2.05, 4.69) is 11.9 Å². The van der Waals surface area contributed by atoms with Gasteiger partial charge in [-0.05, 0) is 39.3 Å². The molecule has 68 valence electrons. The Morgan fingerprint density at radius 3 is 2.92 bits per heavy atom. The fraction of sp³-hybridized carbons (Fsp3) is 0.900. The summed E-state index contributed by atoms with van der Waals surface area (Å²) < 4.78 is 0. The van der Waals surface area contributed by atoms with E-state index in [0.29, 0.717) is 17.7 Å². The smallest absolute Gasteiger partial charge is 0.137 e. The molecule has 2 heteroatoms. The molecule has 1 aliphatic carbocycles. The topological polar surface area (TPSA) is 20.3 Å². The molecule has 0 radical (unpaired) electrons. The number of rotatable bonds is 0. The number of fused-ring (bicyclic) bond motifs is 1. The molecule has 0 aromatic carbocycles. The van der Waals surface area contributed by atoms with Crippen molar-refractivity contribution in [2.24, 2.45) is 5.92 Å². The standard InChI is InChI=1S/C10H17NO/c1-11-7-3-4-8-9(11)5-2-6-10(8)12/h8-9H,2-7H2,1H3/t8-,9+/m0/s1. The second kappa shape index (κ2) is 3.17. The zero-order valence-electron chi connectivity index (χ0n) is 7.75. The van der Waals surface area contributed by atoms with Crippen LogP contribution in [0.1, 0.15) is 32.1 Å². The van der Waals surface area contributed by atoms with Gasteiger partial charge in [-0.1, -0.05) is 0 Å². The van der Waals surface area contributed by atoms with Crippen LogP contribution >= 0.6 is 0 Å². The zero-order chi connectivity index (χ0) is 8.55. The van der Waals surface area contributed by atoms with Gasteiger partial charge >= 0.3 is 0 Å². The maximum absolute atomic E-state index is 11.5. The largest absolute Gasteiger partial charge is 0.303 e. The first-order valence-electron chi connectivity index (χ1n) is 5.02. The molecule has 2 nitrogen and oxygen atoms in total. The van der Waals surface area contributed by atoms with Crippen LogP contribution in [0.3, 0.4) is 0 Å². The van der Waals surface area contributed by atoms with Gasteiger partial charge in [0.15, 0.2) is 0 Å². The molecule has 2 rings (SSSR count). The van der Waals surface area contributed by atoms with Crippen LogP contribution in [-0.4, -0.2) is 30.3 Å². The Balaban J connectivity index is 2.10. The van der Waals surface area contributed by atoms with Crippen LogP contribution in [0.5, 0.6) is 0 Å². The van der Waals surface area contributed by atoms with E-state index in [-0.39, 0.29) is 0 Å². The number of piperidine rings is 1. The van der Waals surface area contributed by atoms with Crippen molar-refractivity contribution >= 4 is 5.78 Å². The van der Waals surface area contributed by atoms with Gasteiger partial charge < -0.3 is 4.90 Å². The second-order valence-electron chi connectivity index (χ2n) is 4.16. The van der Waals surface area contributed by atoms with Crippen LogP contribution in [0.25, 0.3) is 0 Å². The van der Waals surface area contributed by atoms with Crippen LogP contribution in [0, 0.1) is 5.92 Å². The van der Waals surface area contributed by atoms with Gasteiger partial charge in [-0.15, -0.1) is 0 Å². The number of nitrogens with zero attached hydrogens (tertiary/aromatic N) is 1.